The van der Waals surface area contributed by atoms with Gasteiger partial charge in [-0.15, -0.1) is 0 Å². The molecule has 4 nitrogen and oxygen atoms in total. The van der Waals surface area contributed by atoms with E-state index in [-0.39, 0.29) is 6.04 Å². The van der Waals surface area contributed by atoms with Gasteiger partial charge in [-0.3, -0.25) is 0 Å². The van der Waals surface area contributed by atoms with Crippen LogP contribution in [0.1, 0.15) is 19.3 Å². The summed E-state index contributed by atoms with van der Waals surface area (Å²) in [5.74, 6) is -0.564. The molecule has 11 heavy (non-hydrogen) atoms. The van der Waals surface area contributed by atoms with E-state index in [9.17, 15) is 9.90 Å². The van der Waals surface area contributed by atoms with Crippen molar-refractivity contribution in [3.05, 3.63) is 0 Å². The number of hydrogen-bond donors (Lipinski definition) is 2. The first kappa shape index (κ1) is 8.49. The van der Waals surface area contributed by atoms with Crippen LogP contribution < -0.4 is 5.73 Å². The maximum absolute atomic E-state index is 11.0. The Morgan fingerprint density at radius 2 is 2.45 bits per heavy atom. The molecule has 3 N–H and O–H groups in total. The second kappa shape index (κ2) is 2.79. The SMILES string of the molecule is COC(=O)C1(O)CC[C@H](N)C1. The molecule has 0 spiro atoms. The first-order valence-corrected chi connectivity index (χ1v) is 3.65. The number of carbonyl (C=O) groups excluding carboxylic acids is 1. The molecule has 0 amide bonds. The number of aliphatic hydroxyl groups is 1. The van der Waals surface area contributed by atoms with E-state index in [2.05, 4.69) is 4.74 Å². The topological polar surface area (TPSA) is 72.5 Å². The molecule has 4 heteroatoms. The molecule has 0 bridgehead atoms. The van der Waals surface area contributed by atoms with Gasteiger partial charge in [0.2, 0.25) is 0 Å². The summed E-state index contributed by atoms with van der Waals surface area (Å²) in [6.45, 7) is 0. The van der Waals surface area contributed by atoms with Crippen molar-refractivity contribution in [3.8, 4) is 0 Å². The minimum atomic E-state index is -1.31. The van der Waals surface area contributed by atoms with Gasteiger partial charge in [-0.05, 0) is 12.8 Å². The summed E-state index contributed by atoms with van der Waals surface area (Å²) in [4.78, 5) is 11.0. The molecular weight excluding hydrogens is 146 g/mol. The van der Waals surface area contributed by atoms with Gasteiger partial charge < -0.3 is 15.6 Å². The Balaban J connectivity index is 2.61. The van der Waals surface area contributed by atoms with Crippen LogP contribution in [0, 0.1) is 0 Å². The lowest BCUT2D eigenvalue weighted by molar-refractivity contribution is -0.161. The Bertz CT molecular complexity index is 171. The predicted molar refractivity (Wildman–Crippen MR) is 38.8 cm³/mol. The second-order valence-electron chi connectivity index (χ2n) is 3.03. The zero-order valence-electron chi connectivity index (χ0n) is 6.54. The Morgan fingerprint density at radius 3 is 2.82 bits per heavy atom. The van der Waals surface area contributed by atoms with Gasteiger partial charge in [0, 0.05) is 12.5 Å². The minimum Gasteiger partial charge on any atom is -0.467 e. The van der Waals surface area contributed by atoms with Crippen LogP contribution in [-0.2, 0) is 9.53 Å². The van der Waals surface area contributed by atoms with Crippen molar-refractivity contribution in [2.24, 2.45) is 5.73 Å². The van der Waals surface area contributed by atoms with E-state index in [1.807, 2.05) is 0 Å². The molecule has 2 atom stereocenters. The monoisotopic (exact) mass is 159 g/mol. The van der Waals surface area contributed by atoms with E-state index in [4.69, 9.17) is 5.73 Å². The molecule has 0 heterocycles. The zero-order chi connectivity index (χ0) is 8.48. The molecule has 64 valence electrons. The lowest BCUT2D eigenvalue weighted by Gasteiger charge is -2.18. The molecule has 0 aliphatic heterocycles. The molecule has 0 aromatic heterocycles. The summed E-state index contributed by atoms with van der Waals surface area (Å²) in [6.07, 6.45) is 1.42. The quantitative estimate of drug-likeness (QED) is 0.501. The van der Waals surface area contributed by atoms with Gasteiger partial charge in [0.05, 0.1) is 7.11 Å². The minimum absolute atomic E-state index is 0.0703. The third-order valence-electron chi connectivity index (χ3n) is 2.09. The summed E-state index contributed by atoms with van der Waals surface area (Å²) in [6, 6.07) is -0.0703. The predicted octanol–water partition coefficient (Wildman–Crippen LogP) is -0.598. The number of methoxy groups -OCH3 is 1. The van der Waals surface area contributed by atoms with Gasteiger partial charge >= 0.3 is 5.97 Å². The first-order valence-electron chi connectivity index (χ1n) is 3.65. The molecule has 1 unspecified atom stereocenters. The zero-order valence-corrected chi connectivity index (χ0v) is 6.54. The molecule has 1 saturated carbocycles. The fourth-order valence-electron chi connectivity index (χ4n) is 1.44. The fourth-order valence-corrected chi connectivity index (χ4v) is 1.44. The van der Waals surface area contributed by atoms with Gasteiger partial charge in [0.25, 0.3) is 0 Å². The molecule has 0 aromatic rings. The lowest BCUT2D eigenvalue weighted by atomic mass is 10.0. The smallest absolute Gasteiger partial charge is 0.337 e. The third-order valence-corrected chi connectivity index (χ3v) is 2.09. The molecule has 1 fully saturated rings. The van der Waals surface area contributed by atoms with Crippen LogP contribution in [0.3, 0.4) is 0 Å². The molecule has 1 rings (SSSR count). The van der Waals surface area contributed by atoms with Gasteiger partial charge in [-0.25, -0.2) is 4.79 Å². The largest absolute Gasteiger partial charge is 0.467 e. The van der Waals surface area contributed by atoms with Crippen molar-refractivity contribution in [1.82, 2.24) is 0 Å². The van der Waals surface area contributed by atoms with Crippen LogP contribution in [0.4, 0.5) is 0 Å². The number of carbonyl (C=O) groups is 1. The van der Waals surface area contributed by atoms with Crippen molar-refractivity contribution < 1.29 is 14.6 Å². The second-order valence-corrected chi connectivity index (χ2v) is 3.03. The average molecular weight is 159 g/mol. The fraction of sp³-hybridized carbons (Fsp3) is 0.857. The normalized spacial score (nSPS) is 37.2. The van der Waals surface area contributed by atoms with Gasteiger partial charge in [0.15, 0.2) is 5.60 Å². The Kier molecular flexibility index (Phi) is 2.15. The molecule has 1 aliphatic rings. The van der Waals surface area contributed by atoms with Crippen molar-refractivity contribution in [2.45, 2.75) is 30.9 Å². The van der Waals surface area contributed by atoms with E-state index < -0.39 is 11.6 Å². The maximum atomic E-state index is 11.0. The highest BCUT2D eigenvalue weighted by atomic mass is 16.5. The Hall–Kier alpha value is -0.610. The van der Waals surface area contributed by atoms with Gasteiger partial charge in [0.1, 0.15) is 0 Å². The van der Waals surface area contributed by atoms with Crippen molar-refractivity contribution >= 4 is 5.97 Å². The maximum Gasteiger partial charge on any atom is 0.337 e. The standard InChI is InChI=1S/C7H13NO3/c1-11-6(9)7(10)3-2-5(8)4-7/h5,10H,2-4,8H2,1H3/t5-,7?/m0/s1. The molecular formula is C7H13NO3. The van der Waals surface area contributed by atoms with Crippen LogP contribution in [-0.4, -0.2) is 29.8 Å². The van der Waals surface area contributed by atoms with E-state index in [1.54, 1.807) is 0 Å². The number of rotatable bonds is 1. The summed E-state index contributed by atoms with van der Waals surface area (Å²) in [5.41, 5.74) is 4.22. The van der Waals surface area contributed by atoms with E-state index in [0.29, 0.717) is 19.3 Å². The summed E-state index contributed by atoms with van der Waals surface area (Å²) < 4.78 is 4.44. The molecule has 0 aromatic carbocycles. The number of ether oxygens (including phenoxy) is 1. The average Bonchev–Trinajstić information content (AvgIpc) is 2.31. The highest BCUT2D eigenvalue weighted by Crippen LogP contribution is 2.29. The number of hydrogen-bond acceptors (Lipinski definition) is 4. The van der Waals surface area contributed by atoms with Crippen LogP contribution in [0.2, 0.25) is 0 Å². The number of esters is 1. The van der Waals surface area contributed by atoms with E-state index in [1.165, 1.54) is 7.11 Å². The number of nitrogens with two attached hydrogens (primary N) is 1. The van der Waals surface area contributed by atoms with Crippen LogP contribution in [0.15, 0.2) is 0 Å². The van der Waals surface area contributed by atoms with Gasteiger partial charge in [-0.1, -0.05) is 0 Å². The van der Waals surface area contributed by atoms with Crippen LogP contribution in [0.5, 0.6) is 0 Å². The lowest BCUT2D eigenvalue weighted by Crippen LogP contribution is -2.38. The molecule has 0 saturated heterocycles. The van der Waals surface area contributed by atoms with E-state index >= 15 is 0 Å². The summed E-state index contributed by atoms with van der Waals surface area (Å²) in [7, 11) is 1.27. The summed E-state index contributed by atoms with van der Waals surface area (Å²) in [5, 5.41) is 9.58. The van der Waals surface area contributed by atoms with Gasteiger partial charge in [-0.2, -0.15) is 0 Å². The molecule has 0 radical (unpaired) electrons. The van der Waals surface area contributed by atoms with Crippen molar-refractivity contribution in [3.63, 3.8) is 0 Å². The first-order chi connectivity index (χ1) is 5.08. The third kappa shape index (κ3) is 1.52. The van der Waals surface area contributed by atoms with Crippen molar-refractivity contribution in [2.75, 3.05) is 7.11 Å². The van der Waals surface area contributed by atoms with Crippen molar-refractivity contribution in [1.29, 1.82) is 0 Å². The highest BCUT2D eigenvalue weighted by Gasteiger charge is 2.43. The van der Waals surface area contributed by atoms with Crippen LogP contribution >= 0.6 is 0 Å². The Labute approximate surface area is 65.3 Å². The summed E-state index contributed by atoms with van der Waals surface area (Å²) >= 11 is 0. The highest BCUT2D eigenvalue weighted by molar-refractivity contribution is 5.79. The van der Waals surface area contributed by atoms with E-state index in [0.717, 1.165) is 0 Å². The van der Waals surface area contributed by atoms with Crippen LogP contribution in [0.25, 0.3) is 0 Å². The Morgan fingerprint density at radius 1 is 1.82 bits per heavy atom. The molecule has 1 aliphatic carbocycles.